The predicted octanol–water partition coefficient (Wildman–Crippen LogP) is 5.10. The van der Waals surface area contributed by atoms with Crippen molar-refractivity contribution >= 4 is 11.9 Å². The highest BCUT2D eigenvalue weighted by molar-refractivity contribution is 5.96. The van der Waals surface area contributed by atoms with Crippen LogP contribution in [0.5, 0.6) is 11.5 Å². The van der Waals surface area contributed by atoms with Gasteiger partial charge in [-0.05, 0) is 98.7 Å². The van der Waals surface area contributed by atoms with Crippen LogP contribution in [0.1, 0.15) is 49.0 Å². The van der Waals surface area contributed by atoms with Gasteiger partial charge in [-0.3, -0.25) is 4.79 Å². The van der Waals surface area contributed by atoms with Crippen molar-refractivity contribution in [2.45, 2.75) is 44.6 Å². The van der Waals surface area contributed by atoms with Gasteiger partial charge in [0.2, 0.25) is 0 Å². The van der Waals surface area contributed by atoms with E-state index >= 15 is 0 Å². The van der Waals surface area contributed by atoms with E-state index in [9.17, 15) is 19.1 Å². The SMILES string of the molecule is COc1cccc(OC)c1-c1cc(C(=O)NC(C(=O)O)C23CC4CC(CC(C4)C2)C3)nn1-c1ccc(F)cc1. The van der Waals surface area contributed by atoms with Gasteiger partial charge in [-0.25, -0.2) is 13.9 Å². The molecule has 1 atom stereocenters. The molecule has 0 saturated heterocycles. The van der Waals surface area contributed by atoms with Crippen LogP contribution in [0.15, 0.2) is 48.5 Å². The molecule has 204 valence electrons. The summed E-state index contributed by atoms with van der Waals surface area (Å²) in [5.74, 6) is 0.652. The summed E-state index contributed by atoms with van der Waals surface area (Å²) in [6.07, 6.45) is 6.03. The molecule has 1 heterocycles. The maximum absolute atomic E-state index is 13.7. The number of benzene rings is 2. The Kier molecular flexibility index (Phi) is 6.32. The van der Waals surface area contributed by atoms with Gasteiger partial charge in [0.05, 0.1) is 31.2 Å². The summed E-state index contributed by atoms with van der Waals surface area (Å²) in [4.78, 5) is 26.3. The second kappa shape index (κ2) is 9.70. The number of aromatic nitrogens is 2. The molecule has 8 nitrogen and oxygen atoms in total. The number of hydrogen-bond donors (Lipinski definition) is 2. The van der Waals surface area contributed by atoms with Crippen LogP contribution >= 0.6 is 0 Å². The maximum atomic E-state index is 13.7. The van der Waals surface area contributed by atoms with Crippen LogP contribution in [0.2, 0.25) is 0 Å². The number of carboxylic acids is 1. The molecule has 2 N–H and O–H groups in total. The molecular weight excluding hydrogens is 501 g/mol. The molecule has 1 unspecified atom stereocenters. The van der Waals surface area contributed by atoms with Crippen molar-refractivity contribution in [3.63, 3.8) is 0 Å². The average molecular weight is 534 g/mol. The average Bonchev–Trinajstić information content (AvgIpc) is 3.35. The van der Waals surface area contributed by atoms with Gasteiger partial charge in [0, 0.05) is 5.41 Å². The van der Waals surface area contributed by atoms with E-state index in [4.69, 9.17) is 9.47 Å². The van der Waals surface area contributed by atoms with E-state index in [0.29, 0.717) is 46.2 Å². The summed E-state index contributed by atoms with van der Waals surface area (Å²) in [6.45, 7) is 0. The topological polar surface area (TPSA) is 103 Å². The number of methoxy groups -OCH3 is 2. The van der Waals surface area contributed by atoms with Crippen molar-refractivity contribution < 1.29 is 28.6 Å². The zero-order valence-corrected chi connectivity index (χ0v) is 22.0. The van der Waals surface area contributed by atoms with Crippen molar-refractivity contribution in [1.82, 2.24) is 15.1 Å². The van der Waals surface area contributed by atoms with E-state index in [0.717, 1.165) is 19.3 Å². The third-order valence-corrected chi connectivity index (χ3v) is 8.92. The van der Waals surface area contributed by atoms with Crippen molar-refractivity contribution in [3.05, 3.63) is 60.0 Å². The largest absolute Gasteiger partial charge is 0.496 e. The van der Waals surface area contributed by atoms with E-state index in [1.165, 1.54) is 50.3 Å². The van der Waals surface area contributed by atoms with Gasteiger partial charge in [0.1, 0.15) is 23.4 Å². The molecule has 39 heavy (non-hydrogen) atoms. The number of carboxylic acid groups (broad SMARTS) is 1. The van der Waals surface area contributed by atoms with Gasteiger partial charge in [0.15, 0.2) is 5.69 Å². The lowest BCUT2D eigenvalue weighted by molar-refractivity contribution is -0.150. The molecular formula is C30H32FN3O5. The Balaban J connectivity index is 1.40. The number of nitrogens with zero attached hydrogens (tertiary/aromatic N) is 2. The van der Waals surface area contributed by atoms with E-state index in [1.807, 2.05) is 0 Å². The first kappa shape index (κ1) is 25.4. The summed E-state index contributed by atoms with van der Waals surface area (Å²) in [7, 11) is 3.07. The minimum atomic E-state index is -1.00. The second-order valence-corrected chi connectivity index (χ2v) is 11.4. The number of nitrogens with one attached hydrogen (secondary N) is 1. The zero-order chi connectivity index (χ0) is 27.3. The highest BCUT2D eigenvalue weighted by atomic mass is 19.1. The molecule has 9 heteroatoms. The van der Waals surface area contributed by atoms with E-state index in [1.54, 1.807) is 36.4 Å². The highest BCUT2D eigenvalue weighted by Gasteiger charge is 2.56. The minimum absolute atomic E-state index is 0.0539. The van der Waals surface area contributed by atoms with Gasteiger partial charge >= 0.3 is 5.97 Å². The summed E-state index contributed by atoms with van der Waals surface area (Å²) in [6, 6.07) is 11.7. The highest BCUT2D eigenvalue weighted by Crippen LogP contribution is 2.61. The van der Waals surface area contributed by atoms with Crippen molar-refractivity contribution in [2.75, 3.05) is 14.2 Å². The monoisotopic (exact) mass is 533 g/mol. The molecule has 4 bridgehead atoms. The fourth-order valence-electron chi connectivity index (χ4n) is 7.77. The third-order valence-electron chi connectivity index (χ3n) is 8.92. The van der Waals surface area contributed by atoms with Crippen LogP contribution < -0.4 is 14.8 Å². The van der Waals surface area contributed by atoms with Gasteiger partial charge in [-0.1, -0.05) is 6.07 Å². The number of amides is 1. The van der Waals surface area contributed by atoms with Gasteiger partial charge < -0.3 is 19.9 Å². The first-order chi connectivity index (χ1) is 18.8. The molecule has 1 amide bonds. The Labute approximate surface area is 226 Å². The van der Waals surface area contributed by atoms with Crippen LogP contribution in [-0.2, 0) is 4.79 Å². The summed E-state index contributed by atoms with van der Waals surface area (Å²) < 4.78 is 26.5. The van der Waals surface area contributed by atoms with Crippen LogP contribution in [0.4, 0.5) is 4.39 Å². The van der Waals surface area contributed by atoms with Gasteiger partial charge in [0.25, 0.3) is 5.91 Å². The van der Waals surface area contributed by atoms with E-state index in [2.05, 4.69) is 10.4 Å². The fourth-order valence-corrected chi connectivity index (χ4v) is 7.77. The normalized spacial score (nSPS) is 25.8. The number of carbonyl (C=O) groups is 2. The zero-order valence-electron chi connectivity index (χ0n) is 22.0. The van der Waals surface area contributed by atoms with Crippen LogP contribution in [0, 0.1) is 29.0 Å². The molecule has 0 aliphatic heterocycles. The fraction of sp³-hybridized carbons (Fsp3) is 0.433. The standard InChI is InChI=1S/C30H32FN3O5/c1-38-24-4-3-5-25(39-2)26(24)23-13-22(33-34(23)21-8-6-20(31)7-9-21)28(35)32-27(29(36)37)30-14-17-10-18(15-30)12-19(11-17)16-30/h3-9,13,17-19,27H,10-12,14-16H2,1-2H3,(H,32,35)(H,36,37). The van der Waals surface area contributed by atoms with Crippen LogP contribution in [0.3, 0.4) is 0 Å². The number of carbonyl (C=O) groups excluding carboxylic acids is 1. The minimum Gasteiger partial charge on any atom is -0.496 e. The third kappa shape index (κ3) is 4.43. The molecule has 4 aliphatic rings. The van der Waals surface area contributed by atoms with Crippen LogP contribution in [-0.4, -0.2) is 47.0 Å². The van der Waals surface area contributed by atoms with E-state index in [-0.39, 0.29) is 5.69 Å². The lowest BCUT2D eigenvalue weighted by Crippen LogP contribution is -2.59. The number of halogens is 1. The molecule has 7 rings (SSSR count). The van der Waals surface area contributed by atoms with Crippen molar-refractivity contribution in [1.29, 1.82) is 0 Å². The lowest BCUT2D eigenvalue weighted by Gasteiger charge is -2.58. The summed E-state index contributed by atoms with van der Waals surface area (Å²) in [5, 5.41) is 17.7. The smallest absolute Gasteiger partial charge is 0.326 e. The molecule has 4 aliphatic carbocycles. The maximum Gasteiger partial charge on any atom is 0.326 e. The molecule has 3 aromatic rings. The van der Waals surface area contributed by atoms with Crippen LogP contribution in [0.25, 0.3) is 16.9 Å². The molecule has 2 aromatic carbocycles. The lowest BCUT2D eigenvalue weighted by atomic mass is 9.47. The first-order valence-electron chi connectivity index (χ1n) is 13.4. The summed E-state index contributed by atoms with van der Waals surface area (Å²) >= 11 is 0. The Morgan fingerprint density at radius 3 is 2.08 bits per heavy atom. The van der Waals surface area contributed by atoms with Crippen molar-refractivity contribution in [2.24, 2.45) is 23.2 Å². The molecule has 0 radical (unpaired) electrons. The number of ether oxygens (including phenoxy) is 2. The first-order valence-corrected chi connectivity index (χ1v) is 13.4. The Morgan fingerprint density at radius 1 is 1.00 bits per heavy atom. The van der Waals surface area contributed by atoms with Gasteiger partial charge in [-0.2, -0.15) is 5.10 Å². The number of rotatable bonds is 8. The Hall–Kier alpha value is -3.88. The molecule has 1 aromatic heterocycles. The second-order valence-electron chi connectivity index (χ2n) is 11.4. The Morgan fingerprint density at radius 2 is 1.56 bits per heavy atom. The predicted molar refractivity (Wildman–Crippen MR) is 142 cm³/mol. The molecule has 4 saturated carbocycles. The quantitative estimate of drug-likeness (QED) is 0.418. The van der Waals surface area contributed by atoms with Crippen molar-refractivity contribution in [3.8, 4) is 28.4 Å². The van der Waals surface area contributed by atoms with Gasteiger partial charge in [-0.15, -0.1) is 0 Å². The Bertz CT molecular complexity index is 1360. The van der Waals surface area contributed by atoms with E-state index < -0.39 is 29.2 Å². The molecule has 4 fully saturated rings. The number of hydrogen-bond acceptors (Lipinski definition) is 5. The number of aliphatic carboxylic acids is 1. The summed E-state index contributed by atoms with van der Waals surface area (Å²) in [5.41, 5.74) is 1.20. The molecule has 0 spiro atoms.